The predicted molar refractivity (Wildman–Crippen MR) is 32.4 cm³/mol. The van der Waals surface area contributed by atoms with Crippen LogP contribution in [0, 0.1) is 5.92 Å². The quantitative estimate of drug-likeness (QED) is 0.719. The maximum atomic E-state index is 12.2. The molecule has 0 rings (SSSR count). The van der Waals surface area contributed by atoms with Crippen LogP contribution in [-0.4, -0.2) is 23.2 Å². The third kappa shape index (κ3) is 3.16. The number of rotatable bonds is 3. The van der Waals surface area contributed by atoms with Crippen molar-refractivity contribution in [2.24, 2.45) is 5.92 Å². The van der Waals surface area contributed by atoms with Gasteiger partial charge in [0.15, 0.2) is 0 Å². The highest BCUT2D eigenvalue weighted by Crippen LogP contribution is 2.39. The van der Waals surface area contributed by atoms with Crippen LogP contribution in [0.1, 0.15) is 13.3 Å². The highest BCUT2D eigenvalue weighted by molar-refractivity contribution is 5.69. The highest BCUT2D eigenvalue weighted by Gasteiger charge is 2.58. The second-order valence-electron chi connectivity index (χ2n) is 2.65. The summed E-state index contributed by atoms with van der Waals surface area (Å²) >= 11 is 0. The molecule has 13 heavy (non-hydrogen) atoms. The van der Waals surface area contributed by atoms with E-state index >= 15 is 0 Å². The minimum absolute atomic E-state index is 0.794. The maximum Gasteiger partial charge on any atom is 0.453 e. The van der Waals surface area contributed by atoms with Crippen LogP contribution in [0.5, 0.6) is 0 Å². The summed E-state index contributed by atoms with van der Waals surface area (Å²) in [6, 6.07) is 0. The zero-order chi connectivity index (χ0) is 10.9. The Labute approximate surface area is 70.3 Å². The average molecular weight is 206 g/mol. The van der Waals surface area contributed by atoms with Gasteiger partial charge in [-0.15, -0.1) is 0 Å². The van der Waals surface area contributed by atoms with Crippen molar-refractivity contribution in [3.63, 3.8) is 0 Å². The van der Waals surface area contributed by atoms with E-state index in [1.54, 1.807) is 0 Å². The SMILES string of the molecule is CC(CC(F)(F)C(F)(F)F)C(=O)O. The molecule has 0 amide bonds. The highest BCUT2D eigenvalue weighted by atomic mass is 19.4. The summed E-state index contributed by atoms with van der Waals surface area (Å²) in [7, 11) is 0. The molecule has 0 radical (unpaired) electrons. The van der Waals surface area contributed by atoms with Gasteiger partial charge in [0, 0.05) is 6.42 Å². The van der Waals surface area contributed by atoms with Gasteiger partial charge in [0.05, 0.1) is 5.92 Å². The van der Waals surface area contributed by atoms with Crippen LogP contribution in [0.4, 0.5) is 22.0 Å². The van der Waals surface area contributed by atoms with Crippen LogP contribution in [0.15, 0.2) is 0 Å². The lowest BCUT2D eigenvalue weighted by Crippen LogP contribution is -2.39. The van der Waals surface area contributed by atoms with Crippen molar-refractivity contribution in [3.8, 4) is 0 Å². The maximum absolute atomic E-state index is 12.2. The first kappa shape index (κ1) is 12.1. The normalized spacial score (nSPS) is 15.5. The molecule has 0 saturated heterocycles. The number of carboxylic acid groups (broad SMARTS) is 1. The largest absolute Gasteiger partial charge is 0.481 e. The first-order chi connectivity index (χ1) is 5.58. The van der Waals surface area contributed by atoms with E-state index in [0.717, 1.165) is 6.92 Å². The van der Waals surface area contributed by atoms with Gasteiger partial charge in [0.25, 0.3) is 0 Å². The molecule has 0 aromatic carbocycles. The molecule has 0 spiro atoms. The van der Waals surface area contributed by atoms with Crippen LogP contribution in [-0.2, 0) is 4.79 Å². The Bertz CT molecular complexity index is 198. The van der Waals surface area contributed by atoms with Gasteiger partial charge in [0.1, 0.15) is 0 Å². The van der Waals surface area contributed by atoms with E-state index in [2.05, 4.69) is 0 Å². The van der Waals surface area contributed by atoms with Gasteiger partial charge < -0.3 is 5.11 Å². The van der Waals surface area contributed by atoms with Crippen LogP contribution in [0.25, 0.3) is 0 Å². The van der Waals surface area contributed by atoms with Crippen molar-refractivity contribution in [1.29, 1.82) is 0 Å². The molecular formula is C6H7F5O2. The number of carbonyl (C=O) groups is 1. The Hall–Kier alpha value is -0.880. The van der Waals surface area contributed by atoms with E-state index in [1.807, 2.05) is 0 Å². The van der Waals surface area contributed by atoms with E-state index in [1.165, 1.54) is 0 Å². The lowest BCUT2D eigenvalue weighted by Gasteiger charge is -2.20. The third-order valence-corrected chi connectivity index (χ3v) is 1.40. The molecule has 78 valence electrons. The van der Waals surface area contributed by atoms with Crippen molar-refractivity contribution >= 4 is 5.97 Å². The summed E-state index contributed by atoms with van der Waals surface area (Å²) < 4.78 is 58.8. The van der Waals surface area contributed by atoms with E-state index < -0.39 is 30.4 Å². The van der Waals surface area contributed by atoms with E-state index in [9.17, 15) is 26.7 Å². The van der Waals surface area contributed by atoms with Gasteiger partial charge in [0.2, 0.25) is 0 Å². The Morgan fingerprint density at radius 3 is 1.92 bits per heavy atom. The van der Waals surface area contributed by atoms with Gasteiger partial charge in [-0.25, -0.2) is 0 Å². The summed E-state index contributed by atoms with van der Waals surface area (Å²) in [6.45, 7) is 0.794. The Balaban J connectivity index is 4.43. The smallest absolute Gasteiger partial charge is 0.453 e. The minimum atomic E-state index is -5.68. The molecule has 0 aliphatic rings. The summed E-state index contributed by atoms with van der Waals surface area (Å²) in [5, 5.41) is 8.11. The zero-order valence-corrected chi connectivity index (χ0v) is 6.53. The monoisotopic (exact) mass is 206 g/mol. The molecule has 1 N–H and O–H groups in total. The molecule has 0 aromatic rings. The van der Waals surface area contributed by atoms with Crippen LogP contribution in [0.2, 0.25) is 0 Å². The lowest BCUT2D eigenvalue weighted by atomic mass is 10.0. The molecule has 1 unspecified atom stereocenters. The van der Waals surface area contributed by atoms with Crippen LogP contribution in [0.3, 0.4) is 0 Å². The fourth-order valence-corrected chi connectivity index (χ4v) is 0.588. The van der Waals surface area contributed by atoms with E-state index in [0.29, 0.717) is 0 Å². The van der Waals surface area contributed by atoms with Crippen LogP contribution >= 0.6 is 0 Å². The summed E-state index contributed by atoms with van der Waals surface area (Å²) in [6.07, 6.45) is -7.41. The van der Waals surface area contributed by atoms with Gasteiger partial charge >= 0.3 is 18.1 Å². The van der Waals surface area contributed by atoms with Gasteiger partial charge in [-0.3, -0.25) is 4.79 Å². The fourth-order valence-electron chi connectivity index (χ4n) is 0.588. The van der Waals surface area contributed by atoms with Crippen molar-refractivity contribution in [2.45, 2.75) is 25.4 Å². The van der Waals surface area contributed by atoms with Crippen molar-refractivity contribution in [3.05, 3.63) is 0 Å². The molecule has 2 nitrogen and oxygen atoms in total. The first-order valence-electron chi connectivity index (χ1n) is 3.25. The molecule has 0 bridgehead atoms. The van der Waals surface area contributed by atoms with Gasteiger partial charge in [-0.05, 0) is 0 Å². The van der Waals surface area contributed by atoms with Gasteiger partial charge in [-0.2, -0.15) is 22.0 Å². The van der Waals surface area contributed by atoms with Crippen molar-refractivity contribution in [2.75, 3.05) is 0 Å². The fraction of sp³-hybridized carbons (Fsp3) is 0.833. The number of aliphatic carboxylic acids is 1. The standard InChI is InChI=1S/C6H7F5O2/c1-3(4(12)13)2-5(7,8)6(9,10)11/h3H,2H2,1H3,(H,12,13). The molecule has 7 heteroatoms. The summed E-state index contributed by atoms with van der Waals surface area (Å²) in [5.41, 5.74) is 0. The Morgan fingerprint density at radius 2 is 1.69 bits per heavy atom. The summed E-state index contributed by atoms with van der Waals surface area (Å²) in [4.78, 5) is 10.0. The second-order valence-corrected chi connectivity index (χ2v) is 2.65. The number of halogens is 5. The molecule has 1 atom stereocenters. The van der Waals surface area contributed by atoms with Crippen molar-refractivity contribution in [1.82, 2.24) is 0 Å². The van der Waals surface area contributed by atoms with Crippen LogP contribution < -0.4 is 0 Å². The van der Waals surface area contributed by atoms with Gasteiger partial charge in [-0.1, -0.05) is 6.92 Å². The van der Waals surface area contributed by atoms with Crippen molar-refractivity contribution < 1.29 is 31.9 Å². The topological polar surface area (TPSA) is 37.3 Å². The molecule has 0 aliphatic carbocycles. The average Bonchev–Trinajstić information content (AvgIpc) is 1.83. The molecule has 0 saturated carbocycles. The minimum Gasteiger partial charge on any atom is -0.481 e. The molecule has 0 aliphatic heterocycles. The molecular weight excluding hydrogens is 199 g/mol. The number of hydrogen-bond acceptors (Lipinski definition) is 1. The number of hydrogen-bond donors (Lipinski definition) is 1. The predicted octanol–water partition coefficient (Wildman–Crippen LogP) is 2.29. The second kappa shape index (κ2) is 3.47. The molecule has 0 heterocycles. The summed E-state index contributed by atoms with van der Waals surface area (Å²) in [5.74, 6) is -8.34. The third-order valence-electron chi connectivity index (χ3n) is 1.40. The lowest BCUT2D eigenvalue weighted by molar-refractivity contribution is -0.287. The number of carboxylic acids is 1. The Kier molecular flexibility index (Phi) is 3.23. The zero-order valence-electron chi connectivity index (χ0n) is 6.53. The first-order valence-corrected chi connectivity index (χ1v) is 3.25. The number of alkyl halides is 5. The Morgan fingerprint density at radius 1 is 1.31 bits per heavy atom. The van der Waals surface area contributed by atoms with E-state index in [4.69, 9.17) is 5.11 Å². The van der Waals surface area contributed by atoms with E-state index in [-0.39, 0.29) is 0 Å². The molecule has 0 fully saturated rings. The molecule has 0 aromatic heterocycles.